The molecule has 0 saturated heterocycles. The second kappa shape index (κ2) is 11.8. The number of carboxylic acids is 1. The molecule has 1 unspecified atom stereocenters. The summed E-state index contributed by atoms with van der Waals surface area (Å²) in [6.07, 6.45) is -9.29. The van der Waals surface area contributed by atoms with Gasteiger partial charge in [-0.3, -0.25) is 14.3 Å². The Morgan fingerprint density at radius 1 is 0.951 bits per heavy atom. The molecular formula is C28H22ClF6N3O3. The van der Waals surface area contributed by atoms with Crippen molar-refractivity contribution in [2.24, 2.45) is 0 Å². The van der Waals surface area contributed by atoms with Crippen LogP contribution in [0.2, 0.25) is 5.02 Å². The van der Waals surface area contributed by atoms with Crippen molar-refractivity contribution in [1.29, 1.82) is 0 Å². The summed E-state index contributed by atoms with van der Waals surface area (Å²) < 4.78 is 80.3. The van der Waals surface area contributed by atoms with Gasteiger partial charge in [0, 0.05) is 23.9 Å². The highest BCUT2D eigenvalue weighted by Gasteiger charge is 2.33. The van der Waals surface area contributed by atoms with Crippen LogP contribution in [0.15, 0.2) is 66.9 Å². The number of benzene rings is 3. The molecule has 4 aromatic rings. The lowest BCUT2D eigenvalue weighted by molar-refractivity contribution is -0.138. The molecule has 0 radical (unpaired) electrons. The number of amides is 1. The van der Waals surface area contributed by atoms with E-state index in [2.05, 4.69) is 10.4 Å². The predicted molar refractivity (Wildman–Crippen MR) is 140 cm³/mol. The normalized spacial score (nSPS) is 12.9. The molecule has 0 aliphatic heterocycles. The molecule has 0 saturated carbocycles. The highest BCUT2D eigenvalue weighted by Crippen LogP contribution is 2.38. The van der Waals surface area contributed by atoms with E-state index >= 15 is 0 Å². The summed E-state index contributed by atoms with van der Waals surface area (Å²) in [5, 5.41) is 15.6. The maximum atomic E-state index is 13.2. The van der Waals surface area contributed by atoms with Crippen LogP contribution < -0.4 is 5.32 Å². The van der Waals surface area contributed by atoms with E-state index in [0.717, 1.165) is 6.07 Å². The zero-order valence-electron chi connectivity index (χ0n) is 21.1. The first-order chi connectivity index (χ1) is 19.2. The summed E-state index contributed by atoms with van der Waals surface area (Å²) in [6, 6.07) is 13.3. The van der Waals surface area contributed by atoms with E-state index in [1.807, 2.05) is 0 Å². The molecule has 0 bridgehead atoms. The van der Waals surface area contributed by atoms with Gasteiger partial charge < -0.3 is 10.4 Å². The Kier molecular flexibility index (Phi) is 8.62. The van der Waals surface area contributed by atoms with Crippen LogP contribution in [-0.2, 0) is 11.0 Å². The summed E-state index contributed by atoms with van der Waals surface area (Å²) in [5.41, 5.74) is 1.16. The van der Waals surface area contributed by atoms with Gasteiger partial charge in [-0.1, -0.05) is 35.9 Å². The third-order valence-electron chi connectivity index (χ3n) is 6.38. The fourth-order valence-corrected chi connectivity index (χ4v) is 4.67. The molecule has 0 aliphatic carbocycles. The lowest BCUT2D eigenvalue weighted by atomic mass is 9.99. The first kappa shape index (κ1) is 29.9. The van der Waals surface area contributed by atoms with Gasteiger partial charge in [0.15, 0.2) is 0 Å². The molecule has 6 nitrogen and oxygen atoms in total. The van der Waals surface area contributed by atoms with E-state index in [9.17, 15) is 35.9 Å². The van der Waals surface area contributed by atoms with Gasteiger partial charge in [-0.2, -0.15) is 31.4 Å². The number of hydrogen-bond acceptors (Lipinski definition) is 3. The highest BCUT2D eigenvalue weighted by atomic mass is 35.5. The SMILES string of the molecule is O=C(O)CCNC(=O)c1ccc(C(CCC(F)(F)F)n2ncc3cc(-c4ccc(C(F)(F)F)c(Cl)c4)ccc32)cc1. The lowest BCUT2D eigenvalue weighted by Crippen LogP contribution is -2.26. The minimum atomic E-state index is -4.60. The summed E-state index contributed by atoms with van der Waals surface area (Å²) in [7, 11) is 0. The number of fused-ring (bicyclic) bond motifs is 1. The zero-order chi connectivity index (χ0) is 29.9. The number of hydrogen-bond donors (Lipinski definition) is 2. The van der Waals surface area contributed by atoms with Crippen LogP contribution in [-0.4, -0.2) is 39.5 Å². The minimum absolute atomic E-state index is 0.0793. The molecule has 4 rings (SSSR count). The molecule has 1 aromatic heterocycles. The molecule has 1 atom stereocenters. The van der Waals surface area contributed by atoms with Crippen LogP contribution in [0.1, 0.15) is 46.8 Å². The first-order valence-electron chi connectivity index (χ1n) is 12.2. The van der Waals surface area contributed by atoms with Crippen molar-refractivity contribution in [3.8, 4) is 11.1 Å². The molecule has 0 spiro atoms. The van der Waals surface area contributed by atoms with Crippen molar-refractivity contribution >= 4 is 34.4 Å². The molecule has 1 heterocycles. The van der Waals surface area contributed by atoms with Crippen molar-refractivity contribution < 1.29 is 41.0 Å². The Bertz CT molecular complexity index is 1570. The van der Waals surface area contributed by atoms with Crippen molar-refractivity contribution in [2.75, 3.05) is 6.54 Å². The number of halogens is 7. The number of aromatic nitrogens is 2. The fraction of sp³-hybridized carbons (Fsp3) is 0.250. The van der Waals surface area contributed by atoms with Gasteiger partial charge in [-0.05, 0) is 59.5 Å². The minimum Gasteiger partial charge on any atom is -0.481 e. The summed E-state index contributed by atoms with van der Waals surface area (Å²) in [6.45, 7) is -0.0793. The molecule has 41 heavy (non-hydrogen) atoms. The number of alkyl halides is 6. The van der Waals surface area contributed by atoms with Gasteiger partial charge in [-0.25, -0.2) is 0 Å². The van der Waals surface area contributed by atoms with Gasteiger partial charge in [-0.15, -0.1) is 0 Å². The monoisotopic (exact) mass is 597 g/mol. The number of nitrogens with zero attached hydrogens (tertiary/aromatic N) is 2. The Morgan fingerprint density at radius 2 is 1.61 bits per heavy atom. The molecule has 13 heteroatoms. The van der Waals surface area contributed by atoms with Crippen LogP contribution in [0.4, 0.5) is 26.3 Å². The number of rotatable bonds is 9. The molecular weight excluding hydrogens is 576 g/mol. The summed E-state index contributed by atoms with van der Waals surface area (Å²) in [5.74, 6) is -1.60. The highest BCUT2D eigenvalue weighted by molar-refractivity contribution is 6.31. The quantitative estimate of drug-likeness (QED) is 0.196. The van der Waals surface area contributed by atoms with E-state index < -0.39 is 47.3 Å². The third kappa shape index (κ3) is 7.37. The smallest absolute Gasteiger partial charge is 0.417 e. The first-order valence-corrected chi connectivity index (χ1v) is 12.6. The molecule has 2 N–H and O–H groups in total. The third-order valence-corrected chi connectivity index (χ3v) is 6.69. The largest absolute Gasteiger partial charge is 0.481 e. The van der Waals surface area contributed by atoms with E-state index in [4.69, 9.17) is 16.7 Å². The van der Waals surface area contributed by atoms with Gasteiger partial charge in [0.2, 0.25) is 0 Å². The standard InChI is InChI=1S/C28H22ClF6N3O3/c29-22-14-19(5-7-21(22)28(33,34)35)18-6-8-23-20(13-18)15-37-38(23)24(9-11-27(30,31)32)16-1-3-17(4-2-16)26(41)36-12-10-25(39)40/h1-8,13-15,24H,9-12H2,(H,36,41)(H,39,40). The Morgan fingerprint density at radius 3 is 2.22 bits per heavy atom. The van der Waals surface area contributed by atoms with E-state index in [1.165, 1.54) is 47.3 Å². The van der Waals surface area contributed by atoms with Gasteiger partial charge in [0.1, 0.15) is 0 Å². The number of carboxylic acid groups (broad SMARTS) is 1. The zero-order valence-corrected chi connectivity index (χ0v) is 21.8. The molecule has 216 valence electrons. The molecule has 0 aliphatic rings. The second-order valence-corrected chi connectivity index (χ2v) is 9.65. The number of carbonyl (C=O) groups is 2. The van der Waals surface area contributed by atoms with Crippen LogP contribution in [0, 0.1) is 0 Å². The maximum absolute atomic E-state index is 13.2. The van der Waals surface area contributed by atoms with Crippen LogP contribution in [0.25, 0.3) is 22.0 Å². The molecule has 1 amide bonds. The predicted octanol–water partition coefficient (Wildman–Crippen LogP) is 7.51. The fourth-order valence-electron chi connectivity index (χ4n) is 4.38. The number of nitrogens with one attached hydrogen (secondary N) is 1. The van der Waals surface area contributed by atoms with Gasteiger partial charge in [0.05, 0.1) is 34.8 Å². The van der Waals surface area contributed by atoms with Crippen LogP contribution >= 0.6 is 11.6 Å². The number of carbonyl (C=O) groups excluding carboxylic acids is 1. The van der Waals surface area contributed by atoms with Crippen LogP contribution in [0.3, 0.4) is 0 Å². The topological polar surface area (TPSA) is 84.2 Å². The van der Waals surface area contributed by atoms with Gasteiger partial charge >= 0.3 is 18.3 Å². The van der Waals surface area contributed by atoms with Crippen LogP contribution in [0.5, 0.6) is 0 Å². The van der Waals surface area contributed by atoms with Crippen molar-refractivity contribution in [3.63, 3.8) is 0 Å². The Hall–Kier alpha value is -4.06. The number of aliphatic carboxylic acids is 1. The maximum Gasteiger partial charge on any atom is 0.417 e. The van der Waals surface area contributed by atoms with E-state index in [0.29, 0.717) is 27.6 Å². The lowest BCUT2D eigenvalue weighted by Gasteiger charge is -2.20. The Balaban J connectivity index is 1.64. The van der Waals surface area contributed by atoms with E-state index in [-0.39, 0.29) is 24.9 Å². The van der Waals surface area contributed by atoms with Crippen molar-refractivity contribution in [1.82, 2.24) is 15.1 Å². The average molecular weight is 598 g/mol. The summed E-state index contributed by atoms with van der Waals surface area (Å²) >= 11 is 5.86. The van der Waals surface area contributed by atoms with E-state index in [1.54, 1.807) is 18.2 Å². The molecule has 3 aromatic carbocycles. The Labute approximate surface area is 234 Å². The summed E-state index contributed by atoms with van der Waals surface area (Å²) in [4.78, 5) is 22.9. The molecule has 0 fully saturated rings. The van der Waals surface area contributed by atoms with Gasteiger partial charge in [0.25, 0.3) is 5.91 Å². The van der Waals surface area contributed by atoms with Crippen molar-refractivity contribution in [2.45, 2.75) is 37.7 Å². The second-order valence-electron chi connectivity index (χ2n) is 9.25. The average Bonchev–Trinajstić information content (AvgIpc) is 3.30. The van der Waals surface area contributed by atoms with Crippen molar-refractivity contribution in [3.05, 3.63) is 88.6 Å².